The van der Waals surface area contributed by atoms with Crippen LogP contribution in [0.2, 0.25) is 5.02 Å². The van der Waals surface area contributed by atoms with E-state index in [-0.39, 0.29) is 11.9 Å². The van der Waals surface area contributed by atoms with Crippen LogP contribution in [0.4, 0.5) is 0 Å². The molecule has 0 fully saturated rings. The molecule has 0 saturated carbocycles. The van der Waals surface area contributed by atoms with E-state index in [1.165, 1.54) is 0 Å². The van der Waals surface area contributed by atoms with Crippen molar-refractivity contribution in [3.63, 3.8) is 0 Å². The molecular weight excluding hydrogens is 248 g/mol. The topological polar surface area (TPSA) is 41.1 Å². The lowest BCUT2D eigenvalue weighted by Gasteiger charge is -2.09. The molecule has 0 aliphatic heterocycles. The highest BCUT2D eigenvalue weighted by Crippen LogP contribution is 2.16. The molecule has 1 rings (SSSR count). The van der Waals surface area contributed by atoms with Gasteiger partial charge in [0, 0.05) is 30.6 Å². The van der Waals surface area contributed by atoms with Gasteiger partial charge < -0.3 is 10.6 Å². The number of rotatable bonds is 6. The van der Waals surface area contributed by atoms with Crippen molar-refractivity contribution < 1.29 is 4.79 Å². The monoisotopic (exact) mass is 268 g/mol. The summed E-state index contributed by atoms with van der Waals surface area (Å²) in [5, 5.41) is 6.88. The minimum Gasteiger partial charge on any atom is -0.354 e. The summed E-state index contributed by atoms with van der Waals surface area (Å²) in [7, 11) is 0. The molecule has 0 aliphatic rings. The molecule has 4 heteroatoms. The number of benzene rings is 1. The maximum absolute atomic E-state index is 11.4. The number of amides is 1. The lowest BCUT2D eigenvalue weighted by molar-refractivity contribution is -0.121. The SMILES string of the molecule is Cc1ccc(CNCCC(=O)NC(C)C)cc1Cl. The van der Waals surface area contributed by atoms with Gasteiger partial charge in [-0.1, -0.05) is 23.7 Å². The molecular formula is C14H21ClN2O. The van der Waals surface area contributed by atoms with E-state index in [9.17, 15) is 4.79 Å². The predicted octanol–water partition coefficient (Wildman–Crippen LogP) is 2.65. The van der Waals surface area contributed by atoms with Crippen molar-refractivity contribution >= 4 is 17.5 Å². The Morgan fingerprint density at radius 2 is 2.11 bits per heavy atom. The summed E-state index contributed by atoms with van der Waals surface area (Å²) < 4.78 is 0. The number of hydrogen-bond donors (Lipinski definition) is 2. The Bertz CT molecular complexity index is 405. The summed E-state index contributed by atoms with van der Waals surface area (Å²) in [4.78, 5) is 11.4. The number of halogens is 1. The maximum Gasteiger partial charge on any atom is 0.221 e. The van der Waals surface area contributed by atoms with E-state index in [4.69, 9.17) is 11.6 Å². The molecule has 0 aromatic heterocycles. The van der Waals surface area contributed by atoms with E-state index >= 15 is 0 Å². The molecule has 100 valence electrons. The first kappa shape index (κ1) is 15.0. The summed E-state index contributed by atoms with van der Waals surface area (Å²) in [6, 6.07) is 6.21. The lowest BCUT2D eigenvalue weighted by atomic mass is 10.1. The normalized spacial score (nSPS) is 10.7. The van der Waals surface area contributed by atoms with Gasteiger partial charge in [-0.15, -0.1) is 0 Å². The molecule has 0 bridgehead atoms. The zero-order valence-electron chi connectivity index (χ0n) is 11.2. The minimum atomic E-state index is 0.0828. The van der Waals surface area contributed by atoms with Crippen molar-refractivity contribution in [1.82, 2.24) is 10.6 Å². The second kappa shape index (κ2) is 7.39. The standard InChI is InChI=1S/C14H21ClN2O/c1-10(2)17-14(18)6-7-16-9-12-5-4-11(3)13(15)8-12/h4-5,8,10,16H,6-7,9H2,1-3H3,(H,17,18). The molecule has 18 heavy (non-hydrogen) atoms. The number of hydrogen-bond acceptors (Lipinski definition) is 2. The van der Waals surface area contributed by atoms with E-state index in [1.54, 1.807) is 0 Å². The number of carbonyl (C=O) groups is 1. The maximum atomic E-state index is 11.4. The minimum absolute atomic E-state index is 0.0828. The van der Waals surface area contributed by atoms with Crippen molar-refractivity contribution in [2.24, 2.45) is 0 Å². The van der Waals surface area contributed by atoms with Crippen molar-refractivity contribution in [3.05, 3.63) is 34.3 Å². The largest absolute Gasteiger partial charge is 0.354 e. The quantitative estimate of drug-likeness (QED) is 0.779. The van der Waals surface area contributed by atoms with Crippen LogP contribution < -0.4 is 10.6 Å². The third kappa shape index (κ3) is 5.52. The Morgan fingerprint density at radius 1 is 1.39 bits per heavy atom. The van der Waals surface area contributed by atoms with Gasteiger partial charge in [-0.3, -0.25) is 4.79 Å². The highest BCUT2D eigenvalue weighted by atomic mass is 35.5. The van der Waals surface area contributed by atoms with Gasteiger partial charge in [0.1, 0.15) is 0 Å². The van der Waals surface area contributed by atoms with Gasteiger partial charge >= 0.3 is 0 Å². The molecule has 1 aromatic carbocycles. The summed E-state index contributed by atoms with van der Waals surface area (Å²) in [6.45, 7) is 7.30. The Balaban J connectivity index is 2.25. The fraction of sp³-hybridized carbons (Fsp3) is 0.500. The van der Waals surface area contributed by atoms with Gasteiger partial charge in [-0.05, 0) is 38.0 Å². The Kier molecular flexibility index (Phi) is 6.16. The van der Waals surface area contributed by atoms with Crippen molar-refractivity contribution in [3.8, 4) is 0 Å². The Labute approximate surface area is 114 Å². The van der Waals surface area contributed by atoms with Crippen LogP contribution in [0, 0.1) is 6.92 Å². The van der Waals surface area contributed by atoms with Crippen molar-refractivity contribution in [2.75, 3.05) is 6.54 Å². The van der Waals surface area contributed by atoms with E-state index in [0.717, 1.165) is 22.7 Å². The second-order valence-electron chi connectivity index (χ2n) is 4.73. The fourth-order valence-corrected chi connectivity index (χ4v) is 1.78. The van der Waals surface area contributed by atoms with E-state index in [0.29, 0.717) is 13.0 Å². The molecule has 0 aliphatic carbocycles. The van der Waals surface area contributed by atoms with Gasteiger partial charge in [0.25, 0.3) is 0 Å². The number of nitrogens with one attached hydrogen (secondary N) is 2. The summed E-state index contributed by atoms with van der Waals surface area (Å²) in [6.07, 6.45) is 0.498. The zero-order valence-corrected chi connectivity index (χ0v) is 12.0. The first-order valence-electron chi connectivity index (χ1n) is 6.24. The predicted molar refractivity (Wildman–Crippen MR) is 75.8 cm³/mol. The molecule has 0 saturated heterocycles. The van der Waals surface area contributed by atoms with Crippen molar-refractivity contribution in [1.29, 1.82) is 0 Å². The van der Waals surface area contributed by atoms with Crippen LogP contribution in [-0.4, -0.2) is 18.5 Å². The third-order valence-electron chi connectivity index (χ3n) is 2.54. The molecule has 1 aromatic rings. The van der Waals surface area contributed by atoms with Gasteiger partial charge in [0.05, 0.1) is 0 Å². The Hall–Kier alpha value is -1.06. The smallest absolute Gasteiger partial charge is 0.221 e. The summed E-state index contributed by atoms with van der Waals surface area (Å²) in [5.74, 6) is 0.0828. The molecule has 0 radical (unpaired) electrons. The van der Waals surface area contributed by atoms with Gasteiger partial charge in [-0.25, -0.2) is 0 Å². The van der Waals surface area contributed by atoms with Gasteiger partial charge in [-0.2, -0.15) is 0 Å². The van der Waals surface area contributed by atoms with Crippen LogP contribution >= 0.6 is 11.6 Å². The summed E-state index contributed by atoms with van der Waals surface area (Å²) >= 11 is 6.04. The van der Waals surface area contributed by atoms with Crippen LogP contribution in [0.5, 0.6) is 0 Å². The first-order valence-corrected chi connectivity index (χ1v) is 6.62. The average molecular weight is 269 g/mol. The molecule has 3 nitrogen and oxygen atoms in total. The van der Waals surface area contributed by atoms with Crippen LogP contribution in [-0.2, 0) is 11.3 Å². The molecule has 0 heterocycles. The van der Waals surface area contributed by atoms with E-state index in [2.05, 4.69) is 10.6 Å². The van der Waals surface area contributed by atoms with Gasteiger partial charge in [0.15, 0.2) is 0 Å². The highest BCUT2D eigenvalue weighted by Gasteiger charge is 2.02. The van der Waals surface area contributed by atoms with E-state index < -0.39 is 0 Å². The molecule has 0 unspecified atom stereocenters. The van der Waals surface area contributed by atoms with Crippen LogP contribution in [0.15, 0.2) is 18.2 Å². The van der Waals surface area contributed by atoms with Crippen molar-refractivity contribution in [2.45, 2.75) is 39.8 Å². The average Bonchev–Trinajstić information content (AvgIpc) is 2.28. The highest BCUT2D eigenvalue weighted by molar-refractivity contribution is 6.31. The second-order valence-corrected chi connectivity index (χ2v) is 5.14. The summed E-state index contributed by atoms with van der Waals surface area (Å²) in [5.41, 5.74) is 2.21. The van der Waals surface area contributed by atoms with Gasteiger partial charge in [0.2, 0.25) is 5.91 Å². The zero-order chi connectivity index (χ0) is 13.5. The number of aryl methyl sites for hydroxylation is 1. The van der Waals surface area contributed by atoms with E-state index in [1.807, 2.05) is 39.0 Å². The fourth-order valence-electron chi connectivity index (χ4n) is 1.58. The lowest BCUT2D eigenvalue weighted by Crippen LogP contribution is -2.32. The van der Waals surface area contributed by atoms with Crippen LogP contribution in [0.25, 0.3) is 0 Å². The number of carbonyl (C=O) groups excluding carboxylic acids is 1. The van der Waals surface area contributed by atoms with Crippen LogP contribution in [0.1, 0.15) is 31.4 Å². The molecule has 1 amide bonds. The molecule has 0 atom stereocenters. The molecule has 2 N–H and O–H groups in total. The first-order chi connectivity index (χ1) is 8.49. The van der Waals surface area contributed by atoms with Crippen LogP contribution in [0.3, 0.4) is 0 Å². The Morgan fingerprint density at radius 3 is 2.72 bits per heavy atom. The third-order valence-corrected chi connectivity index (χ3v) is 2.95. The molecule has 0 spiro atoms.